The van der Waals surface area contributed by atoms with Crippen LogP contribution in [0.15, 0.2) is 0 Å². The summed E-state index contributed by atoms with van der Waals surface area (Å²) in [7, 11) is 0. The summed E-state index contributed by atoms with van der Waals surface area (Å²) >= 11 is 1.97. The Morgan fingerprint density at radius 2 is 1.75 bits per heavy atom. The number of rotatable bonds is 3. The van der Waals surface area contributed by atoms with Gasteiger partial charge in [-0.3, -0.25) is 9.59 Å². The monoisotopic (exact) mass is 299 g/mol. The number of carbonyl (C=O) groups is 2. The van der Waals surface area contributed by atoms with Gasteiger partial charge >= 0.3 is 5.97 Å². The predicted octanol–water partition coefficient (Wildman–Crippen LogP) is 2.48. The standard InChI is InChI=1S/C15H25NO3S/c1-10(2)13-9-16(7-8-20-13)14(17)11-3-5-12(6-4-11)15(18)19/h10-13H,3-9H2,1-2H3,(H,18,19). The van der Waals surface area contributed by atoms with Gasteiger partial charge in [-0.15, -0.1) is 0 Å². The van der Waals surface area contributed by atoms with E-state index in [0.717, 1.165) is 31.7 Å². The molecule has 20 heavy (non-hydrogen) atoms. The van der Waals surface area contributed by atoms with Crippen LogP contribution in [0.4, 0.5) is 0 Å². The maximum absolute atomic E-state index is 12.6. The maximum atomic E-state index is 12.6. The third-order valence-corrected chi connectivity index (χ3v) is 6.11. The third kappa shape index (κ3) is 3.68. The van der Waals surface area contributed by atoms with E-state index in [9.17, 15) is 9.59 Å². The Hall–Kier alpha value is -0.710. The summed E-state index contributed by atoms with van der Waals surface area (Å²) in [6.07, 6.45) is 2.79. The van der Waals surface area contributed by atoms with Gasteiger partial charge in [0.2, 0.25) is 5.91 Å². The number of carboxylic acids is 1. The second-order valence-corrected chi connectivity index (χ2v) is 7.67. The molecule has 1 saturated heterocycles. The molecule has 1 amide bonds. The zero-order chi connectivity index (χ0) is 14.7. The van der Waals surface area contributed by atoms with E-state index in [-0.39, 0.29) is 17.7 Å². The lowest BCUT2D eigenvalue weighted by atomic mass is 9.81. The fourth-order valence-corrected chi connectivity index (χ4v) is 4.42. The number of carboxylic acid groups (broad SMARTS) is 1. The molecule has 2 aliphatic rings. The van der Waals surface area contributed by atoms with E-state index in [4.69, 9.17) is 5.11 Å². The molecule has 1 aliphatic heterocycles. The molecule has 2 rings (SSSR count). The van der Waals surface area contributed by atoms with Gasteiger partial charge in [0.05, 0.1) is 5.92 Å². The van der Waals surface area contributed by atoms with Crippen LogP contribution in [0.5, 0.6) is 0 Å². The highest BCUT2D eigenvalue weighted by molar-refractivity contribution is 8.00. The van der Waals surface area contributed by atoms with E-state index < -0.39 is 5.97 Å². The lowest BCUT2D eigenvalue weighted by Gasteiger charge is -2.37. The molecule has 0 radical (unpaired) electrons. The van der Waals surface area contributed by atoms with E-state index >= 15 is 0 Å². The highest BCUT2D eigenvalue weighted by Crippen LogP contribution is 2.32. The fraction of sp³-hybridized carbons (Fsp3) is 0.867. The van der Waals surface area contributed by atoms with Gasteiger partial charge in [0, 0.05) is 30.0 Å². The van der Waals surface area contributed by atoms with Crippen molar-refractivity contribution in [1.82, 2.24) is 4.90 Å². The number of amides is 1. The Morgan fingerprint density at radius 1 is 1.15 bits per heavy atom. The zero-order valence-electron chi connectivity index (χ0n) is 12.4. The Kier molecular flexibility index (Phi) is 5.35. The molecular weight excluding hydrogens is 274 g/mol. The van der Waals surface area contributed by atoms with Crippen LogP contribution >= 0.6 is 11.8 Å². The molecule has 1 heterocycles. The van der Waals surface area contributed by atoms with Crippen LogP contribution in [0, 0.1) is 17.8 Å². The van der Waals surface area contributed by atoms with E-state index in [1.165, 1.54) is 0 Å². The van der Waals surface area contributed by atoms with Crippen molar-refractivity contribution in [1.29, 1.82) is 0 Å². The van der Waals surface area contributed by atoms with Crippen molar-refractivity contribution >= 4 is 23.6 Å². The first-order valence-electron chi connectivity index (χ1n) is 7.62. The molecule has 0 bridgehead atoms. The van der Waals surface area contributed by atoms with Gasteiger partial charge in [-0.1, -0.05) is 13.8 Å². The summed E-state index contributed by atoms with van der Waals surface area (Å²) in [5.41, 5.74) is 0. The van der Waals surface area contributed by atoms with Crippen LogP contribution in [0.1, 0.15) is 39.5 Å². The van der Waals surface area contributed by atoms with Crippen molar-refractivity contribution < 1.29 is 14.7 Å². The van der Waals surface area contributed by atoms with Crippen molar-refractivity contribution in [3.63, 3.8) is 0 Å². The van der Waals surface area contributed by atoms with Crippen LogP contribution < -0.4 is 0 Å². The molecule has 1 atom stereocenters. The molecule has 1 aliphatic carbocycles. The van der Waals surface area contributed by atoms with Crippen molar-refractivity contribution in [2.24, 2.45) is 17.8 Å². The van der Waals surface area contributed by atoms with Gasteiger partial charge in [0.15, 0.2) is 0 Å². The lowest BCUT2D eigenvalue weighted by molar-refractivity contribution is -0.145. The van der Waals surface area contributed by atoms with Gasteiger partial charge in [0.25, 0.3) is 0 Å². The molecule has 5 heteroatoms. The topological polar surface area (TPSA) is 57.6 Å². The Balaban J connectivity index is 1.87. The molecular formula is C15H25NO3S. The number of aliphatic carboxylic acids is 1. The van der Waals surface area contributed by atoms with Crippen LogP contribution in [-0.2, 0) is 9.59 Å². The minimum atomic E-state index is -0.704. The third-order valence-electron chi connectivity index (χ3n) is 4.57. The Morgan fingerprint density at radius 3 is 2.30 bits per heavy atom. The van der Waals surface area contributed by atoms with Crippen LogP contribution in [0.25, 0.3) is 0 Å². The predicted molar refractivity (Wildman–Crippen MR) is 80.7 cm³/mol. The maximum Gasteiger partial charge on any atom is 0.306 e. The molecule has 4 nitrogen and oxygen atoms in total. The lowest BCUT2D eigenvalue weighted by Crippen LogP contribution is -2.46. The molecule has 1 saturated carbocycles. The smallest absolute Gasteiger partial charge is 0.306 e. The van der Waals surface area contributed by atoms with Crippen molar-refractivity contribution in [3.05, 3.63) is 0 Å². The number of hydrogen-bond acceptors (Lipinski definition) is 3. The molecule has 0 spiro atoms. The quantitative estimate of drug-likeness (QED) is 0.870. The SMILES string of the molecule is CC(C)C1CN(C(=O)C2CCC(C(=O)O)CC2)CCS1. The number of nitrogens with zero attached hydrogens (tertiary/aromatic N) is 1. The highest BCUT2D eigenvalue weighted by atomic mass is 32.2. The minimum absolute atomic E-state index is 0.0570. The van der Waals surface area contributed by atoms with Crippen molar-refractivity contribution in [3.8, 4) is 0 Å². The first kappa shape index (κ1) is 15.7. The van der Waals surface area contributed by atoms with Crippen molar-refractivity contribution in [2.75, 3.05) is 18.8 Å². The van der Waals surface area contributed by atoms with Crippen LogP contribution in [-0.4, -0.2) is 46.0 Å². The average molecular weight is 299 g/mol. The second kappa shape index (κ2) is 6.83. The highest BCUT2D eigenvalue weighted by Gasteiger charge is 2.34. The molecule has 0 aromatic rings. The van der Waals surface area contributed by atoms with Gasteiger partial charge in [-0.2, -0.15) is 11.8 Å². The zero-order valence-corrected chi connectivity index (χ0v) is 13.2. The molecule has 1 N–H and O–H groups in total. The van der Waals surface area contributed by atoms with Gasteiger partial charge in [0.1, 0.15) is 0 Å². The van der Waals surface area contributed by atoms with Crippen LogP contribution in [0.3, 0.4) is 0 Å². The molecule has 2 fully saturated rings. The fourth-order valence-electron chi connectivity index (χ4n) is 3.12. The van der Waals surface area contributed by atoms with E-state index in [1.807, 2.05) is 16.7 Å². The average Bonchev–Trinajstić information content (AvgIpc) is 2.46. The summed E-state index contributed by atoms with van der Waals surface area (Å²) < 4.78 is 0. The van der Waals surface area contributed by atoms with Gasteiger partial charge in [-0.05, 0) is 31.6 Å². The molecule has 0 aromatic heterocycles. The largest absolute Gasteiger partial charge is 0.481 e. The summed E-state index contributed by atoms with van der Waals surface area (Å²) in [6, 6.07) is 0. The van der Waals surface area contributed by atoms with Crippen molar-refractivity contribution in [2.45, 2.75) is 44.8 Å². The summed E-state index contributed by atoms with van der Waals surface area (Å²) in [5, 5.41) is 9.55. The van der Waals surface area contributed by atoms with E-state index in [2.05, 4.69) is 13.8 Å². The van der Waals surface area contributed by atoms with Gasteiger partial charge < -0.3 is 10.0 Å². The second-order valence-electron chi connectivity index (χ2n) is 6.32. The first-order chi connectivity index (χ1) is 9.49. The summed E-state index contributed by atoms with van der Waals surface area (Å²) in [4.78, 5) is 25.5. The molecule has 1 unspecified atom stereocenters. The van der Waals surface area contributed by atoms with E-state index in [0.29, 0.717) is 24.0 Å². The number of carbonyl (C=O) groups excluding carboxylic acids is 1. The normalized spacial score (nSPS) is 31.4. The molecule has 0 aromatic carbocycles. The number of hydrogen-bond donors (Lipinski definition) is 1. The Labute approximate surface area is 125 Å². The van der Waals surface area contributed by atoms with E-state index in [1.54, 1.807) is 0 Å². The van der Waals surface area contributed by atoms with Gasteiger partial charge in [-0.25, -0.2) is 0 Å². The van der Waals surface area contributed by atoms with Crippen LogP contribution in [0.2, 0.25) is 0 Å². The minimum Gasteiger partial charge on any atom is -0.481 e. The number of thioether (sulfide) groups is 1. The summed E-state index contributed by atoms with van der Waals surface area (Å²) in [5.74, 6) is 1.00. The Bertz CT molecular complexity index is 364. The summed E-state index contributed by atoms with van der Waals surface area (Å²) in [6.45, 7) is 6.14. The molecule has 114 valence electrons. The first-order valence-corrected chi connectivity index (χ1v) is 8.67.